The number of pyridine rings is 1. The Morgan fingerprint density at radius 1 is 1.39 bits per heavy atom. The van der Waals surface area contributed by atoms with E-state index in [2.05, 4.69) is 35.9 Å². The zero-order chi connectivity index (χ0) is 16.8. The zero-order valence-electron chi connectivity index (χ0n) is 14.3. The summed E-state index contributed by atoms with van der Waals surface area (Å²) < 4.78 is 0. The molecule has 0 N–H and O–H groups in total. The van der Waals surface area contributed by atoms with Gasteiger partial charge in [-0.25, -0.2) is 4.98 Å². The molecule has 5 nitrogen and oxygen atoms in total. The molecule has 0 bridgehead atoms. The topological polar surface area (TPSA) is 39.7 Å². The smallest absolute Gasteiger partial charge is 0.254 e. The third kappa shape index (κ3) is 5.44. The lowest BCUT2D eigenvalue weighted by Crippen LogP contribution is -2.49. The average Bonchev–Trinajstić information content (AvgIpc) is 2.54. The molecule has 0 aliphatic carbocycles. The van der Waals surface area contributed by atoms with Crippen molar-refractivity contribution in [3.63, 3.8) is 0 Å². The highest BCUT2D eigenvalue weighted by atomic mass is 35.5. The Bertz CT molecular complexity index is 523. The molecule has 128 valence electrons. The number of likely N-dealkylation sites (N-methyl/N-ethyl adjacent to an activating group) is 1. The van der Waals surface area contributed by atoms with E-state index in [1.54, 1.807) is 18.3 Å². The second kappa shape index (κ2) is 8.62. The van der Waals surface area contributed by atoms with Gasteiger partial charge in [-0.1, -0.05) is 11.6 Å². The van der Waals surface area contributed by atoms with Gasteiger partial charge >= 0.3 is 0 Å². The number of aromatic nitrogens is 1. The Kier molecular flexibility index (Phi) is 6.81. The van der Waals surface area contributed by atoms with Gasteiger partial charge in [-0.15, -0.1) is 0 Å². The SMILES string of the molecule is CN(C)CCCN(C)[C@@H]1CCCN(C(=O)c2ccnc(Cl)c2)C1. The van der Waals surface area contributed by atoms with Gasteiger partial charge in [-0.05, 0) is 65.6 Å². The van der Waals surface area contributed by atoms with Gasteiger partial charge in [0, 0.05) is 30.9 Å². The van der Waals surface area contributed by atoms with Crippen molar-refractivity contribution < 1.29 is 4.79 Å². The van der Waals surface area contributed by atoms with Crippen LogP contribution in [0.3, 0.4) is 0 Å². The molecule has 6 heteroatoms. The fourth-order valence-corrected chi connectivity index (χ4v) is 3.21. The summed E-state index contributed by atoms with van der Waals surface area (Å²) in [5, 5.41) is 0.366. The van der Waals surface area contributed by atoms with E-state index in [0.29, 0.717) is 16.8 Å². The molecule has 1 aliphatic heterocycles. The monoisotopic (exact) mass is 338 g/mol. The Morgan fingerprint density at radius 3 is 2.87 bits per heavy atom. The third-order valence-corrected chi connectivity index (χ3v) is 4.60. The van der Waals surface area contributed by atoms with E-state index in [1.807, 2.05) is 4.90 Å². The highest BCUT2D eigenvalue weighted by Crippen LogP contribution is 2.18. The fraction of sp³-hybridized carbons (Fsp3) is 0.647. The Balaban J connectivity index is 1.91. The van der Waals surface area contributed by atoms with Crippen LogP contribution in [-0.4, -0.2) is 79.0 Å². The minimum Gasteiger partial charge on any atom is -0.337 e. The van der Waals surface area contributed by atoms with Crippen LogP contribution in [0.2, 0.25) is 5.15 Å². The second-order valence-electron chi connectivity index (χ2n) is 6.55. The molecule has 2 heterocycles. The molecule has 1 saturated heterocycles. The summed E-state index contributed by atoms with van der Waals surface area (Å²) in [4.78, 5) is 23.1. The number of piperidine rings is 1. The lowest BCUT2D eigenvalue weighted by Gasteiger charge is -2.38. The van der Waals surface area contributed by atoms with Crippen molar-refractivity contribution >= 4 is 17.5 Å². The number of hydrogen-bond acceptors (Lipinski definition) is 4. The average molecular weight is 339 g/mol. The molecule has 1 aromatic rings. The molecule has 1 amide bonds. The fourth-order valence-electron chi connectivity index (χ4n) is 3.04. The first-order chi connectivity index (χ1) is 11.0. The molecular formula is C17H27ClN4O. The molecule has 0 radical (unpaired) electrons. The number of amides is 1. The van der Waals surface area contributed by atoms with Gasteiger partial charge in [0.1, 0.15) is 5.15 Å². The van der Waals surface area contributed by atoms with Gasteiger partial charge in [0.15, 0.2) is 0 Å². The van der Waals surface area contributed by atoms with E-state index in [-0.39, 0.29) is 5.91 Å². The van der Waals surface area contributed by atoms with Crippen LogP contribution in [-0.2, 0) is 0 Å². The van der Waals surface area contributed by atoms with Crippen LogP contribution < -0.4 is 0 Å². The van der Waals surface area contributed by atoms with Gasteiger partial charge < -0.3 is 14.7 Å². The predicted octanol–water partition coefficient (Wildman–Crippen LogP) is 2.22. The van der Waals surface area contributed by atoms with E-state index in [0.717, 1.165) is 45.4 Å². The minimum absolute atomic E-state index is 0.0562. The minimum atomic E-state index is 0.0562. The maximum Gasteiger partial charge on any atom is 0.254 e. The highest BCUT2D eigenvalue weighted by Gasteiger charge is 2.26. The van der Waals surface area contributed by atoms with Crippen molar-refractivity contribution in [1.82, 2.24) is 19.7 Å². The van der Waals surface area contributed by atoms with Crippen molar-refractivity contribution in [1.29, 1.82) is 0 Å². The Hall–Kier alpha value is -1.17. The molecule has 0 spiro atoms. The molecule has 1 atom stereocenters. The standard InChI is InChI=1S/C17H27ClN4O/c1-20(2)9-5-10-21(3)15-6-4-11-22(13-15)17(23)14-7-8-19-16(18)12-14/h7-8,12,15H,4-6,9-11,13H2,1-3H3/t15-/m1/s1. The van der Waals surface area contributed by atoms with E-state index < -0.39 is 0 Å². The second-order valence-corrected chi connectivity index (χ2v) is 6.94. The van der Waals surface area contributed by atoms with E-state index >= 15 is 0 Å². The molecule has 1 aliphatic rings. The predicted molar refractivity (Wildman–Crippen MR) is 94.0 cm³/mol. The summed E-state index contributed by atoms with van der Waals surface area (Å²) in [5.41, 5.74) is 0.626. The summed E-state index contributed by atoms with van der Waals surface area (Å²) in [6, 6.07) is 3.82. The zero-order valence-corrected chi connectivity index (χ0v) is 15.1. The molecule has 2 rings (SSSR count). The van der Waals surface area contributed by atoms with Crippen molar-refractivity contribution in [2.45, 2.75) is 25.3 Å². The first-order valence-corrected chi connectivity index (χ1v) is 8.61. The maximum absolute atomic E-state index is 12.6. The molecule has 23 heavy (non-hydrogen) atoms. The largest absolute Gasteiger partial charge is 0.337 e. The van der Waals surface area contributed by atoms with Crippen LogP contribution in [0.4, 0.5) is 0 Å². The van der Waals surface area contributed by atoms with Crippen molar-refractivity contribution in [2.24, 2.45) is 0 Å². The molecule has 1 aromatic heterocycles. The van der Waals surface area contributed by atoms with Gasteiger partial charge in [0.25, 0.3) is 5.91 Å². The van der Waals surface area contributed by atoms with Crippen LogP contribution in [0.15, 0.2) is 18.3 Å². The van der Waals surface area contributed by atoms with Crippen LogP contribution in [0.25, 0.3) is 0 Å². The molecule has 1 fully saturated rings. The summed E-state index contributed by atoms with van der Waals surface area (Å²) >= 11 is 5.90. The lowest BCUT2D eigenvalue weighted by molar-refractivity contribution is 0.0607. The number of carbonyl (C=O) groups is 1. The lowest BCUT2D eigenvalue weighted by atomic mass is 10.0. The summed E-state index contributed by atoms with van der Waals surface area (Å²) in [6.07, 6.45) is 4.94. The number of nitrogens with zero attached hydrogens (tertiary/aromatic N) is 4. The number of rotatable bonds is 6. The van der Waals surface area contributed by atoms with Crippen LogP contribution in [0.5, 0.6) is 0 Å². The van der Waals surface area contributed by atoms with E-state index in [1.165, 1.54) is 0 Å². The van der Waals surface area contributed by atoms with Crippen LogP contribution in [0, 0.1) is 0 Å². The Labute approximate surface area is 144 Å². The molecule has 0 unspecified atom stereocenters. The van der Waals surface area contributed by atoms with Gasteiger partial charge in [0.2, 0.25) is 0 Å². The third-order valence-electron chi connectivity index (χ3n) is 4.40. The van der Waals surface area contributed by atoms with Crippen molar-refractivity contribution in [3.05, 3.63) is 29.0 Å². The molecule has 0 saturated carbocycles. The first-order valence-electron chi connectivity index (χ1n) is 8.23. The van der Waals surface area contributed by atoms with E-state index in [9.17, 15) is 4.79 Å². The molecular weight excluding hydrogens is 312 g/mol. The van der Waals surface area contributed by atoms with Gasteiger partial charge in [-0.3, -0.25) is 4.79 Å². The van der Waals surface area contributed by atoms with Gasteiger partial charge in [-0.2, -0.15) is 0 Å². The number of hydrogen-bond donors (Lipinski definition) is 0. The molecule has 0 aromatic carbocycles. The number of halogens is 1. The van der Waals surface area contributed by atoms with Crippen LogP contribution in [0.1, 0.15) is 29.6 Å². The maximum atomic E-state index is 12.6. The Morgan fingerprint density at radius 2 is 2.17 bits per heavy atom. The van der Waals surface area contributed by atoms with Crippen LogP contribution >= 0.6 is 11.6 Å². The van der Waals surface area contributed by atoms with Crippen molar-refractivity contribution in [2.75, 3.05) is 47.3 Å². The number of carbonyl (C=O) groups excluding carboxylic acids is 1. The van der Waals surface area contributed by atoms with E-state index in [4.69, 9.17) is 11.6 Å². The summed E-state index contributed by atoms with van der Waals surface area (Å²) in [6.45, 7) is 3.76. The number of likely N-dealkylation sites (tertiary alicyclic amines) is 1. The van der Waals surface area contributed by atoms with Crippen molar-refractivity contribution in [3.8, 4) is 0 Å². The van der Waals surface area contributed by atoms with Gasteiger partial charge in [0.05, 0.1) is 0 Å². The quantitative estimate of drug-likeness (QED) is 0.746. The summed E-state index contributed by atoms with van der Waals surface area (Å²) in [7, 11) is 6.36. The summed E-state index contributed by atoms with van der Waals surface area (Å²) in [5.74, 6) is 0.0562. The highest BCUT2D eigenvalue weighted by molar-refractivity contribution is 6.29. The normalized spacial score (nSPS) is 18.7. The first kappa shape index (κ1) is 18.2.